The van der Waals surface area contributed by atoms with Crippen LogP contribution in [0.25, 0.3) is 0 Å². The predicted octanol–water partition coefficient (Wildman–Crippen LogP) is 1.59. The quantitative estimate of drug-likeness (QED) is 0.841. The Morgan fingerprint density at radius 2 is 2.04 bits per heavy atom. The minimum atomic E-state index is -3.26. The van der Waals surface area contributed by atoms with Crippen LogP contribution in [-0.2, 0) is 21.1 Å². The number of rotatable bonds is 2. The van der Waals surface area contributed by atoms with Crippen molar-refractivity contribution in [2.75, 3.05) is 24.2 Å². The fourth-order valence-corrected chi connectivity index (χ4v) is 4.97. The number of amides is 2. The van der Waals surface area contributed by atoms with Gasteiger partial charge in [-0.25, -0.2) is 13.2 Å². The van der Waals surface area contributed by atoms with E-state index in [1.165, 1.54) is 11.0 Å². The molecule has 2 unspecified atom stereocenters. The first kappa shape index (κ1) is 16.8. The third kappa shape index (κ3) is 3.24. The fourth-order valence-electron chi connectivity index (χ4n) is 3.38. The van der Waals surface area contributed by atoms with Crippen LogP contribution in [0.3, 0.4) is 0 Å². The molecule has 0 radical (unpaired) electrons. The van der Waals surface area contributed by atoms with Crippen molar-refractivity contribution >= 4 is 27.5 Å². The highest BCUT2D eigenvalue weighted by Crippen LogP contribution is 2.29. The van der Waals surface area contributed by atoms with Gasteiger partial charge in [0.05, 0.1) is 16.6 Å². The van der Waals surface area contributed by atoms with Crippen molar-refractivity contribution in [3.63, 3.8) is 0 Å². The Morgan fingerprint density at radius 1 is 1.29 bits per heavy atom. The number of carbonyl (C=O) groups excluding carboxylic acids is 1. The number of aryl methyl sites for hydroxylation is 1. The van der Waals surface area contributed by atoms with E-state index in [9.17, 15) is 23.1 Å². The second kappa shape index (κ2) is 6.08. The van der Waals surface area contributed by atoms with Gasteiger partial charge in [-0.05, 0) is 36.5 Å². The summed E-state index contributed by atoms with van der Waals surface area (Å²) in [5.74, 6) is -1.27. The molecule has 2 amide bonds. The van der Waals surface area contributed by atoms with Gasteiger partial charge in [0.25, 0.3) is 0 Å². The van der Waals surface area contributed by atoms with Gasteiger partial charge in [0, 0.05) is 18.8 Å². The number of piperidine rings is 1. The fraction of sp³-hybridized carbons (Fsp3) is 0.500. The lowest BCUT2D eigenvalue weighted by atomic mass is 9.91. The van der Waals surface area contributed by atoms with Gasteiger partial charge in [-0.1, -0.05) is 13.0 Å². The molecule has 1 saturated heterocycles. The summed E-state index contributed by atoms with van der Waals surface area (Å²) in [7, 11) is -3.26. The first-order valence-corrected chi connectivity index (χ1v) is 9.56. The Hall–Kier alpha value is -2.09. The minimum absolute atomic E-state index is 0.101. The topological polar surface area (TPSA) is 104 Å². The molecule has 0 aromatic heterocycles. The number of carboxylic acids is 1. The van der Waals surface area contributed by atoms with E-state index in [-0.39, 0.29) is 23.1 Å². The zero-order valence-electron chi connectivity index (χ0n) is 13.4. The number of carbonyl (C=O) groups is 2. The highest BCUT2D eigenvalue weighted by Gasteiger charge is 2.32. The maximum absolute atomic E-state index is 12.4. The Balaban J connectivity index is 1.75. The molecule has 7 nitrogen and oxygen atoms in total. The first-order chi connectivity index (χ1) is 11.3. The van der Waals surface area contributed by atoms with Crippen LogP contribution in [0.1, 0.15) is 18.9 Å². The summed E-state index contributed by atoms with van der Waals surface area (Å²) < 4.78 is 23.9. The van der Waals surface area contributed by atoms with Crippen molar-refractivity contribution in [1.29, 1.82) is 0 Å². The third-order valence-corrected chi connectivity index (χ3v) is 6.38. The molecule has 0 saturated carbocycles. The molecule has 2 aliphatic heterocycles. The molecular weight excluding hydrogens is 332 g/mol. The lowest BCUT2D eigenvalue weighted by molar-refractivity contribution is -0.143. The van der Waals surface area contributed by atoms with E-state index in [0.29, 0.717) is 25.1 Å². The number of carboxylic acid groups (broad SMARTS) is 1. The lowest BCUT2D eigenvalue weighted by Crippen LogP contribution is -2.47. The molecule has 2 aliphatic rings. The summed E-state index contributed by atoms with van der Waals surface area (Å²) in [4.78, 5) is 25.4. The standard InChI is InChI=1S/C16H20N2O5S/c1-10-6-12(15(19)20)9-18(8-10)16(21)17-13-3-2-11-4-5-24(22,23)14(11)7-13/h2-3,7,10,12H,4-6,8-9H2,1H3,(H,17,21)(H,19,20). The minimum Gasteiger partial charge on any atom is -0.481 e. The van der Waals surface area contributed by atoms with E-state index >= 15 is 0 Å². The van der Waals surface area contributed by atoms with Crippen LogP contribution in [0.2, 0.25) is 0 Å². The summed E-state index contributed by atoms with van der Waals surface area (Å²) in [6.45, 7) is 2.56. The zero-order chi connectivity index (χ0) is 17.5. The maximum Gasteiger partial charge on any atom is 0.321 e. The van der Waals surface area contributed by atoms with Gasteiger partial charge in [-0.3, -0.25) is 4.79 Å². The van der Waals surface area contributed by atoms with Crippen LogP contribution in [0.15, 0.2) is 23.1 Å². The average Bonchev–Trinajstić information content (AvgIpc) is 2.82. The van der Waals surface area contributed by atoms with Crippen LogP contribution < -0.4 is 5.32 Å². The number of nitrogens with zero attached hydrogens (tertiary/aromatic N) is 1. The summed E-state index contributed by atoms with van der Waals surface area (Å²) >= 11 is 0. The number of sulfone groups is 1. The van der Waals surface area contributed by atoms with Crippen molar-refractivity contribution in [2.45, 2.75) is 24.7 Å². The van der Waals surface area contributed by atoms with Gasteiger partial charge in [0.2, 0.25) is 0 Å². The van der Waals surface area contributed by atoms with E-state index in [1.54, 1.807) is 12.1 Å². The van der Waals surface area contributed by atoms with Gasteiger partial charge in [0.1, 0.15) is 0 Å². The molecule has 2 heterocycles. The highest BCUT2D eigenvalue weighted by molar-refractivity contribution is 7.91. The van der Waals surface area contributed by atoms with Crippen molar-refractivity contribution in [2.24, 2.45) is 11.8 Å². The third-order valence-electron chi connectivity index (χ3n) is 4.59. The van der Waals surface area contributed by atoms with E-state index < -0.39 is 27.8 Å². The predicted molar refractivity (Wildman–Crippen MR) is 87.7 cm³/mol. The first-order valence-electron chi connectivity index (χ1n) is 7.90. The summed E-state index contributed by atoms with van der Waals surface area (Å²) in [5, 5.41) is 11.9. The van der Waals surface area contributed by atoms with Crippen LogP contribution in [0.5, 0.6) is 0 Å². The van der Waals surface area contributed by atoms with Crippen molar-refractivity contribution in [3.8, 4) is 0 Å². The molecule has 1 aromatic carbocycles. The molecular formula is C16H20N2O5S. The Labute approximate surface area is 140 Å². The lowest BCUT2D eigenvalue weighted by Gasteiger charge is -2.34. The maximum atomic E-state index is 12.4. The van der Waals surface area contributed by atoms with Crippen LogP contribution >= 0.6 is 0 Å². The number of fused-ring (bicyclic) bond motifs is 1. The molecule has 1 fully saturated rings. The second-order valence-corrected chi connectivity index (χ2v) is 8.68. The number of benzene rings is 1. The van der Waals surface area contributed by atoms with E-state index in [0.717, 1.165) is 5.56 Å². The van der Waals surface area contributed by atoms with Gasteiger partial charge < -0.3 is 15.3 Å². The molecule has 0 aliphatic carbocycles. The molecule has 130 valence electrons. The number of anilines is 1. The smallest absolute Gasteiger partial charge is 0.321 e. The van der Waals surface area contributed by atoms with Crippen LogP contribution in [-0.4, -0.2) is 49.3 Å². The molecule has 2 atom stereocenters. The second-order valence-electron chi connectivity index (χ2n) is 6.60. The number of hydrogen-bond donors (Lipinski definition) is 2. The molecule has 3 rings (SSSR count). The number of urea groups is 1. The van der Waals surface area contributed by atoms with Gasteiger partial charge in [-0.15, -0.1) is 0 Å². The molecule has 1 aromatic rings. The number of nitrogens with one attached hydrogen (secondary N) is 1. The number of aliphatic carboxylic acids is 1. The van der Waals surface area contributed by atoms with Gasteiger partial charge in [0.15, 0.2) is 9.84 Å². The molecule has 2 N–H and O–H groups in total. The Morgan fingerprint density at radius 3 is 2.75 bits per heavy atom. The average molecular weight is 352 g/mol. The number of hydrogen-bond acceptors (Lipinski definition) is 4. The van der Waals surface area contributed by atoms with Crippen LogP contribution in [0, 0.1) is 11.8 Å². The summed E-state index contributed by atoms with van der Waals surface area (Å²) in [5.41, 5.74) is 1.18. The van der Waals surface area contributed by atoms with Gasteiger partial charge >= 0.3 is 12.0 Å². The molecule has 0 bridgehead atoms. The Kier molecular flexibility index (Phi) is 4.25. The van der Waals surface area contributed by atoms with E-state index in [4.69, 9.17) is 0 Å². The Bertz CT molecular complexity index is 790. The van der Waals surface area contributed by atoms with Crippen molar-refractivity contribution in [3.05, 3.63) is 23.8 Å². The van der Waals surface area contributed by atoms with E-state index in [1.807, 2.05) is 6.92 Å². The number of likely N-dealkylation sites (tertiary alicyclic amines) is 1. The van der Waals surface area contributed by atoms with Crippen molar-refractivity contribution < 1.29 is 23.1 Å². The van der Waals surface area contributed by atoms with E-state index in [2.05, 4.69) is 5.32 Å². The SMILES string of the molecule is CC1CC(C(=O)O)CN(C(=O)Nc2ccc3c(c2)S(=O)(=O)CC3)C1. The molecule has 8 heteroatoms. The summed E-state index contributed by atoms with van der Waals surface area (Å²) in [6, 6.07) is 4.48. The highest BCUT2D eigenvalue weighted by atomic mass is 32.2. The monoisotopic (exact) mass is 352 g/mol. The normalized spacial score (nSPS) is 25.1. The van der Waals surface area contributed by atoms with Crippen molar-refractivity contribution in [1.82, 2.24) is 4.90 Å². The molecule has 24 heavy (non-hydrogen) atoms. The molecule has 0 spiro atoms. The van der Waals surface area contributed by atoms with Crippen LogP contribution in [0.4, 0.5) is 10.5 Å². The largest absolute Gasteiger partial charge is 0.481 e. The summed E-state index contributed by atoms with van der Waals surface area (Å²) in [6.07, 6.45) is 1.05. The zero-order valence-corrected chi connectivity index (χ0v) is 14.2. The van der Waals surface area contributed by atoms with Gasteiger partial charge in [-0.2, -0.15) is 0 Å².